The third-order valence-electron chi connectivity index (χ3n) is 6.18. The van der Waals surface area contributed by atoms with E-state index in [0.717, 1.165) is 10.8 Å². The van der Waals surface area contributed by atoms with Crippen molar-refractivity contribution in [3.63, 3.8) is 0 Å². The van der Waals surface area contributed by atoms with E-state index in [1.54, 1.807) is 25.1 Å². The second-order valence-corrected chi connectivity index (χ2v) is 13.4. The Hall–Kier alpha value is -2.22. The number of anilines is 1. The Morgan fingerprint density at radius 1 is 1.33 bits per heavy atom. The second-order valence-electron chi connectivity index (χ2n) is 9.03. The molecule has 0 aliphatic carbocycles. The minimum atomic E-state index is -4.91. The van der Waals surface area contributed by atoms with Crippen molar-refractivity contribution in [1.29, 1.82) is 0 Å². The molecule has 1 aliphatic heterocycles. The first-order valence-electron chi connectivity index (χ1n) is 11.4. The van der Waals surface area contributed by atoms with Crippen molar-refractivity contribution >= 4 is 43.5 Å². The van der Waals surface area contributed by atoms with Crippen molar-refractivity contribution in [3.8, 4) is 0 Å². The van der Waals surface area contributed by atoms with Gasteiger partial charge < -0.3 is 39.5 Å². The van der Waals surface area contributed by atoms with Gasteiger partial charge in [0.2, 0.25) is 0 Å². The first-order valence-corrected chi connectivity index (χ1v) is 15.3. The van der Waals surface area contributed by atoms with E-state index in [4.69, 9.17) is 30.6 Å². The summed E-state index contributed by atoms with van der Waals surface area (Å²) in [5.41, 5.74) is -0.997. The molecule has 2 aromatic heterocycles. The largest absolute Gasteiger partial charge is 0.387 e. The van der Waals surface area contributed by atoms with E-state index in [1.807, 2.05) is 0 Å². The normalized spacial score (nSPS) is 25.9. The van der Waals surface area contributed by atoms with E-state index in [0.29, 0.717) is 16.6 Å². The molecule has 6 atom stereocenters. The molecule has 0 radical (unpaired) electrons. The molecule has 1 saturated heterocycles. The summed E-state index contributed by atoms with van der Waals surface area (Å²) in [6.45, 7) is 4.41. The zero-order valence-electron chi connectivity index (χ0n) is 20.3. The quantitative estimate of drug-likeness (QED) is 0.112. The van der Waals surface area contributed by atoms with E-state index < -0.39 is 63.6 Å². The molecule has 17 heteroatoms. The summed E-state index contributed by atoms with van der Waals surface area (Å²) < 4.78 is 49.4. The summed E-state index contributed by atoms with van der Waals surface area (Å²) in [6.07, 6.45) is -2.42. The van der Waals surface area contributed by atoms with Crippen LogP contribution in [0.15, 0.2) is 49.2 Å². The van der Waals surface area contributed by atoms with Crippen LogP contribution in [0.2, 0.25) is 5.15 Å². The van der Waals surface area contributed by atoms with Gasteiger partial charge in [-0.15, -0.1) is 6.58 Å². The summed E-state index contributed by atoms with van der Waals surface area (Å²) in [5, 5.41) is 29.4. The Morgan fingerprint density at radius 2 is 2.03 bits per heavy atom. The highest BCUT2D eigenvalue weighted by Crippen LogP contribution is 2.56. The highest BCUT2D eigenvalue weighted by Gasteiger charge is 2.55. The number of aromatic nitrogens is 3. The van der Waals surface area contributed by atoms with Gasteiger partial charge in [0.1, 0.15) is 28.8 Å². The third-order valence-corrected chi connectivity index (χ3v) is 9.81. The number of aliphatic hydroxyl groups is 2. The number of ether oxygens (including phenoxy) is 1. The van der Waals surface area contributed by atoms with Crippen LogP contribution in [0.4, 0.5) is 10.1 Å². The Kier molecular flexibility index (Phi) is 8.38. The fraction of sp³-hybridized carbons (Fsp3) is 0.364. The van der Waals surface area contributed by atoms with E-state index >= 15 is 0 Å². The highest BCUT2D eigenvalue weighted by atomic mass is 35.5. The van der Waals surface area contributed by atoms with E-state index in [9.17, 15) is 28.6 Å². The molecule has 0 amide bonds. The van der Waals surface area contributed by atoms with Crippen LogP contribution in [0.3, 0.4) is 0 Å². The lowest BCUT2D eigenvalue weighted by molar-refractivity contribution is -0.0967. The van der Waals surface area contributed by atoms with Crippen molar-refractivity contribution in [1.82, 2.24) is 14.8 Å². The van der Waals surface area contributed by atoms with Crippen molar-refractivity contribution in [2.45, 2.75) is 37.0 Å². The van der Waals surface area contributed by atoms with Crippen LogP contribution in [-0.4, -0.2) is 70.0 Å². The molecule has 1 aromatic carbocycles. The van der Waals surface area contributed by atoms with Gasteiger partial charge in [-0.05, 0) is 19.1 Å². The average molecular weight is 607 g/mol. The maximum Gasteiger partial charge on any atom is 0.340 e. The van der Waals surface area contributed by atoms with Crippen molar-refractivity contribution < 1.29 is 47.7 Å². The average Bonchev–Trinajstić information content (AvgIpc) is 3.36. The Labute approximate surface area is 226 Å². The van der Waals surface area contributed by atoms with Crippen LogP contribution in [-0.2, 0) is 18.4 Å². The lowest BCUT2D eigenvalue weighted by Gasteiger charge is -2.29. The van der Waals surface area contributed by atoms with Gasteiger partial charge in [0.15, 0.2) is 17.8 Å². The first-order chi connectivity index (χ1) is 18.2. The summed E-state index contributed by atoms with van der Waals surface area (Å²) in [7, 11) is -9.72. The zero-order chi connectivity index (χ0) is 28.8. The van der Waals surface area contributed by atoms with E-state index in [-0.39, 0.29) is 10.8 Å². The van der Waals surface area contributed by atoms with Gasteiger partial charge in [0, 0.05) is 5.56 Å². The van der Waals surface area contributed by atoms with Gasteiger partial charge in [0.25, 0.3) is 0 Å². The second kappa shape index (κ2) is 11.0. The molecular weight excluding hydrogens is 581 g/mol. The van der Waals surface area contributed by atoms with Crippen LogP contribution in [0, 0.1) is 5.82 Å². The number of hydrogen-bond donors (Lipinski definition) is 6. The van der Waals surface area contributed by atoms with Crippen LogP contribution in [0.5, 0.6) is 0 Å². The molecule has 3 aromatic rings. The predicted octanol–water partition coefficient (Wildman–Crippen LogP) is 2.91. The molecule has 3 heterocycles. The van der Waals surface area contributed by atoms with Crippen molar-refractivity contribution in [3.05, 3.63) is 65.7 Å². The minimum Gasteiger partial charge on any atom is -0.387 e. The molecule has 4 rings (SSSR count). The smallest absolute Gasteiger partial charge is 0.340 e. The molecule has 212 valence electrons. The summed E-state index contributed by atoms with van der Waals surface area (Å²) >= 11 is 6.24. The molecule has 0 bridgehead atoms. The standard InChI is InChI=1S/C22H26ClFN4O9P2/c1-3-22(10-36-39(34,35)11-38(31,32)33)19(30)18(29)21(37-22)28-20-14(9-25-28)16(8-17(23)27-20)26-12(2)13-6-4-5-7-15(13)24/h3-9,12,18-19,21,29-30H,1,10-11H2,2H3,(H,26,27)(H,34,35)(H2,31,32,33)/t12-,18+,19-,21+,22+/m0/s1. The van der Waals surface area contributed by atoms with Crippen LogP contribution >= 0.6 is 26.8 Å². The molecule has 1 unspecified atom stereocenters. The molecule has 13 nitrogen and oxygen atoms in total. The Morgan fingerprint density at radius 3 is 2.67 bits per heavy atom. The Bertz CT molecular complexity index is 1490. The topological polar surface area (TPSA) is 196 Å². The van der Waals surface area contributed by atoms with Gasteiger partial charge in [-0.25, -0.2) is 14.1 Å². The van der Waals surface area contributed by atoms with Gasteiger partial charge in [0.05, 0.1) is 29.9 Å². The summed E-state index contributed by atoms with van der Waals surface area (Å²) in [6, 6.07) is 7.26. The molecule has 39 heavy (non-hydrogen) atoms. The fourth-order valence-electron chi connectivity index (χ4n) is 4.26. The van der Waals surface area contributed by atoms with Crippen LogP contribution < -0.4 is 5.32 Å². The van der Waals surface area contributed by atoms with Gasteiger partial charge in [-0.3, -0.25) is 9.13 Å². The Balaban J connectivity index is 1.63. The number of rotatable bonds is 10. The van der Waals surface area contributed by atoms with Gasteiger partial charge >= 0.3 is 15.2 Å². The van der Waals surface area contributed by atoms with Gasteiger partial charge in [-0.1, -0.05) is 35.9 Å². The number of halogens is 2. The third kappa shape index (κ3) is 6.26. The number of fused-ring (bicyclic) bond motifs is 1. The van der Waals surface area contributed by atoms with Crippen molar-refractivity contribution in [2.24, 2.45) is 0 Å². The molecule has 0 spiro atoms. The summed E-state index contributed by atoms with van der Waals surface area (Å²) in [5.74, 6) is -1.86. The fourth-order valence-corrected chi connectivity index (χ4v) is 7.04. The number of aliphatic hydroxyl groups excluding tert-OH is 2. The highest BCUT2D eigenvalue weighted by molar-refractivity contribution is 7.70. The molecular formula is C22H26ClFN4O9P2. The number of pyridine rings is 1. The van der Waals surface area contributed by atoms with Crippen molar-refractivity contribution in [2.75, 3.05) is 17.8 Å². The number of nitrogens with zero attached hydrogens (tertiary/aromatic N) is 3. The maximum absolute atomic E-state index is 14.3. The monoisotopic (exact) mass is 606 g/mol. The predicted molar refractivity (Wildman–Crippen MR) is 139 cm³/mol. The first kappa shape index (κ1) is 29.8. The van der Waals surface area contributed by atoms with Gasteiger partial charge in [-0.2, -0.15) is 5.10 Å². The molecule has 1 fully saturated rings. The molecule has 1 aliphatic rings. The SMILES string of the molecule is C=C[C@]1(COP(=O)(O)CP(=O)(O)O)O[C@@H](n2ncc3c(N[C@@H](C)c4ccccc4F)cc(Cl)nc32)[C@H](O)[C@@H]1O. The summed E-state index contributed by atoms with van der Waals surface area (Å²) in [4.78, 5) is 32.1. The molecule has 6 N–H and O–H groups in total. The number of nitrogens with one attached hydrogen (secondary N) is 1. The van der Waals surface area contributed by atoms with E-state index in [2.05, 4.69) is 22.0 Å². The lowest BCUT2D eigenvalue weighted by Crippen LogP contribution is -2.45. The zero-order valence-corrected chi connectivity index (χ0v) is 22.9. The lowest BCUT2D eigenvalue weighted by atomic mass is 9.96. The maximum atomic E-state index is 14.3. The molecule has 0 saturated carbocycles. The number of benzene rings is 1. The number of hydrogen-bond acceptors (Lipinski definition) is 9. The van der Waals surface area contributed by atoms with E-state index in [1.165, 1.54) is 18.3 Å². The van der Waals surface area contributed by atoms with Crippen LogP contribution in [0.25, 0.3) is 11.0 Å². The van der Waals surface area contributed by atoms with Crippen LogP contribution in [0.1, 0.15) is 24.8 Å². The minimum absolute atomic E-state index is 0.0255.